The molecule has 0 N–H and O–H groups in total. The van der Waals surface area contributed by atoms with E-state index in [0.717, 1.165) is 67.3 Å². The van der Waals surface area contributed by atoms with Crippen molar-refractivity contribution in [3.63, 3.8) is 0 Å². The van der Waals surface area contributed by atoms with Crippen molar-refractivity contribution < 1.29 is 9.47 Å². The van der Waals surface area contributed by atoms with Crippen LogP contribution in [0.25, 0.3) is 0 Å². The van der Waals surface area contributed by atoms with E-state index in [1.54, 1.807) is 0 Å². The lowest BCUT2D eigenvalue weighted by molar-refractivity contribution is -0.0197. The van der Waals surface area contributed by atoms with Crippen molar-refractivity contribution >= 4 is 49.2 Å². The van der Waals surface area contributed by atoms with Crippen LogP contribution in [-0.2, 0) is 0 Å². The Morgan fingerprint density at radius 3 is 2.54 bits per heavy atom. The summed E-state index contributed by atoms with van der Waals surface area (Å²) >= 11 is 13.5. The molecule has 3 aromatic carbocycles. The zero-order valence-corrected chi connectivity index (χ0v) is 23.4. The summed E-state index contributed by atoms with van der Waals surface area (Å²) in [7, 11) is 0. The van der Waals surface area contributed by atoms with Crippen LogP contribution < -0.4 is 9.47 Å². The summed E-state index contributed by atoms with van der Waals surface area (Å²) in [5, 5.41) is 7.86. The van der Waals surface area contributed by atoms with Gasteiger partial charge in [-0.05, 0) is 76.4 Å². The van der Waals surface area contributed by atoms with E-state index in [-0.39, 0.29) is 12.3 Å². The number of nitrogens with zero attached hydrogens (tertiary/aromatic N) is 2. The lowest BCUT2D eigenvalue weighted by atomic mass is 9.96. The number of hydrogen-bond donors (Lipinski definition) is 0. The molecule has 2 atom stereocenters. The average molecular weight is 619 g/mol. The van der Waals surface area contributed by atoms with Gasteiger partial charge in [0, 0.05) is 27.0 Å². The van der Waals surface area contributed by atoms with Crippen molar-refractivity contribution in [3.8, 4) is 11.5 Å². The van der Waals surface area contributed by atoms with Crippen LogP contribution in [0.1, 0.15) is 68.0 Å². The third-order valence-corrected chi connectivity index (χ3v) is 7.72. The molecular weight excluding hydrogens is 592 g/mol. The minimum atomic E-state index is -0.339. The van der Waals surface area contributed by atoms with Crippen LogP contribution in [0.2, 0.25) is 5.02 Å². The maximum absolute atomic E-state index is 6.58. The van der Waals surface area contributed by atoms with Gasteiger partial charge in [0.05, 0.1) is 22.8 Å². The Balaban J connectivity index is 1.43. The molecule has 0 bridgehead atoms. The van der Waals surface area contributed by atoms with Crippen molar-refractivity contribution in [1.29, 1.82) is 0 Å². The molecule has 2 aliphatic heterocycles. The first-order chi connectivity index (χ1) is 17.0. The monoisotopic (exact) mass is 616 g/mol. The van der Waals surface area contributed by atoms with Crippen molar-refractivity contribution in [3.05, 3.63) is 91.3 Å². The topological polar surface area (TPSA) is 34.1 Å². The molecular formula is C28H27Br2ClN2O2. The van der Waals surface area contributed by atoms with Crippen molar-refractivity contribution in [2.45, 2.75) is 51.3 Å². The van der Waals surface area contributed by atoms with E-state index in [9.17, 15) is 0 Å². The summed E-state index contributed by atoms with van der Waals surface area (Å²) in [5.74, 6) is 1.75. The van der Waals surface area contributed by atoms with Gasteiger partial charge in [-0.2, -0.15) is 5.10 Å². The van der Waals surface area contributed by atoms with E-state index in [0.29, 0.717) is 0 Å². The Bertz CT molecular complexity index is 1210. The Labute approximate surface area is 228 Å². The van der Waals surface area contributed by atoms with E-state index in [2.05, 4.69) is 62.0 Å². The number of unbranched alkanes of at least 4 members (excludes halogenated alkanes) is 3. The number of hydrazone groups is 1. The summed E-state index contributed by atoms with van der Waals surface area (Å²) in [5.41, 5.74) is 4.25. The fraction of sp³-hybridized carbons (Fsp3) is 0.321. The highest BCUT2D eigenvalue weighted by atomic mass is 79.9. The number of hydrogen-bond acceptors (Lipinski definition) is 4. The van der Waals surface area contributed by atoms with Crippen molar-refractivity contribution in [2.24, 2.45) is 5.10 Å². The molecule has 3 aromatic rings. The maximum atomic E-state index is 6.58. The SMILES string of the molecule is CCCCCCOc1ccc(C2Oc3c(Br)cc(Br)cc3C3CC(c4ccc(Cl)cc4)=NN32)cc1. The fourth-order valence-corrected chi connectivity index (χ4v) is 6.08. The quantitative estimate of drug-likeness (QED) is 0.236. The second-order valence-electron chi connectivity index (χ2n) is 8.91. The number of fused-ring (bicyclic) bond motifs is 3. The zero-order valence-electron chi connectivity index (χ0n) is 19.5. The van der Waals surface area contributed by atoms with Gasteiger partial charge < -0.3 is 9.47 Å². The van der Waals surface area contributed by atoms with Crippen LogP contribution in [0.3, 0.4) is 0 Å². The van der Waals surface area contributed by atoms with Crippen LogP contribution in [-0.4, -0.2) is 17.3 Å². The summed E-state index contributed by atoms with van der Waals surface area (Å²) in [6.45, 7) is 2.97. The molecule has 2 heterocycles. The maximum Gasteiger partial charge on any atom is 0.213 e. The highest BCUT2D eigenvalue weighted by Gasteiger charge is 2.42. The number of rotatable bonds is 8. The lowest BCUT2D eigenvalue weighted by Gasteiger charge is -2.38. The Morgan fingerprint density at radius 2 is 1.80 bits per heavy atom. The fourth-order valence-electron chi connectivity index (χ4n) is 4.60. The Morgan fingerprint density at radius 1 is 1.03 bits per heavy atom. The Hall–Kier alpha value is -2.02. The predicted octanol–water partition coefficient (Wildman–Crippen LogP) is 9.07. The smallest absolute Gasteiger partial charge is 0.213 e. The summed E-state index contributed by atoms with van der Waals surface area (Å²) < 4.78 is 14.5. The number of benzene rings is 3. The summed E-state index contributed by atoms with van der Waals surface area (Å²) in [4.78, 5) is 0. The number of halogens is 3. The molecule has 35 heavy (non-hydrogen) atoms. The van der Waals surface area contributed by atoms with Gasteiger partial charge in [0.1, 0.15) is 11.5 Å². The van der Waals surface area contributed by atoms with E-state index >= 15 is 0 Å². The largest absolute Gasteiger partial charge is 0.494 e. The van der Waals surface area contributed by atoms with Crippen LogP contribution in [0.15, 0.2) is 74.7 Å². The average Bonchev–Trinajstić information content (AvgIpc) is 3.30. The van der Waals surface area contributed by atoms with Crippen molar-refractivity contribution in [2.75, 3.05) is 6.61 Å². The minimum absolute atomic E-state index is 0.0673. The molecule has 0 saturated heterocycles. The molecule has 0 amide bonds. The van der Waals surface area contributed by atoms with Gasteiger partial charge in [0.2, 0.25) is 6.23 Å². The van der Waals surface area contributed by atoms with Crippen molar-refractivity contribution in [1.82, 2.24) is 5.01 Å². The van der Waals surface area contributed by atoms with Crippen LogP contribution in [0.4, 0.5) is 0 Å². The molecule has 0 aliphatic carbocycles. The second kappa shape index (κ2) is 10.9. The molecule has 182 valence electrons. The molecule has 2 aliphatic rings. The van der Waals surface area contributed by atoms with E-state index in [1.165, 1.54) is 19.3 Å². The third-order valence-electron chi connectivity index (χ3n) is 6.42. The Kier molecular flexibility index (Phi) is 7.71. The van der Waals surface area contributed by atoms with E-state index in [1.807, 2.05) is 42.5 Å². The second-order valence-corrected chi connectivity index (χ2v) is 11.1. The molecule has 4 nitrogen and oxygen atoms in total. The highest BCUT2D eigenvalue weighted by molar-refractivity contribution is 9.11. The van der Waals surface area contributed by atoms with Gasteiger partial charge in [-0.15, -0.1) is 0 Å². The highest BCUT2D eigenvalue weighted by Crippen LogP contribution is 2.51. The van der Waals surface area contributed by atoms with Gasteiger partial charge >= 0.3 is 0 Å². The molecule has 7 heteroatoms. The predicted molar refractivity (Wildman–Crippen MR) is 148 cm³/mol. The van der Waals surface area contributed by atoms with Crippen LogP contribution in [0, 0.1) is 0 Å². The van der Waals surface area contributed by atoms with E-state index < -0.39 is 0 Å². The van der Waals surface area contributed by atoms with Crippen LogP contribution in [0.5, 0.6) is 11.5 Å². The van der Waals surface area contributed by atoms with Gasteiger partial charge in [-0.25, -0.2) is 5.01 Å². The van der Waals surface area contributed by atoms with Gasteiger partial charge in [-0.3, -0.25) is 0 Å². The first kappa shape index (κ1) is 24.7. The molecule has 2 unspecified atom stereocenters. The minimum Gasteiger partial charge on any atom is -0.494 e. The molecule has 0 saturated carbocycles. The first-order valence-electron chi connectivity index (χ1n) is 12.0. The van der Waals surface area contributed by atoms with Gasteiger partial charge in [-0.1, -0.05) is 65.8 Å². The summed E-state index contributed by atoms with van der Waals surface area (Å²) in [6, 6.07) is 20.3. The molecule has 0 spiro atoms. The molecule has 0 fully saturated rings. The first-order valence-corrected chi connectivity index (χ1v) is 14.0. The van der Waals surface area contributed by atoms with Crippen LogP contribution >= 0.6 is 43.5 Å². The molecule has 5 rings (SSSR count). The number of ether oxygens (including phenoxy) is 2. The zero-order chi connectivity index (χ0) is 24.4. The standard InChI is InChI=1S/C28H27Br2ClN2O2/c1-2-3-4-5-14-34-22-12-8-19(9-13-22)28-33-26(23-15-20(29)16-24(30)27(23)35-28)17-25(32-33)18-6-10-21(31)11-7-18/h6-13,15-16,26,28H,2-5,14,17H2,1H3. The molecule has 0 aromatic heterocycles. The van der Waals surface area contributed by atoms with Gasteiger partial charge in [0.15, 0.2) is 0 Å². The molecule has 0 radical (unpaired) electrons. The third kappa shape index (κ3) is 5.40. The van der Waals surface area contributed by atoms with Gasteiger partial charge in [0.25, 0.3) is 0 Å². The van der Waals surface area contributed by atoms with E-state index in [4.69, 9.17) is 26.2 Å². The lowest BCUT2D eigenvalue weighted by Crippen LogP contribution is -2.33. The summed E-state index contributed by atoms with van der Waals surface area (Å²) in [6.07, 6.45) is 5.22. The normalized spacial score (nSPS) is 18.5.